The van der Waals surface area contributed by atoms with E-state index in [1.807, 2.05) is 37.3 Å². The topological polar surface area (TPSA) is 74.2 Å². The van der Waals surface area contributed by atoms with Gasteiger partial charge in [0.2, 0.25) is 0 Å². The molecule has 2 atom stereocenters. The van der Waals surface area contributed by atoms with Gasteiger partial charge >= 0.3 is 5.97 Å². The number of hydrogen-bond donors (Lipinski definition) is 0. The van der Waals surface area contributed by atoms with Crippen LogP contribution in [0.4, 0.5) is 0 Å². The van der Waals surface area contributed by atoms with E-state index < -0.39 is 17.8 Å². The summed E-state index contributed by atoms with van der Waals surface area (Å²) in [7, 11) is 2.91. The number of carbonyl (C=O) groups is 2. The smallest absolute Gasteiger partial charge is 0.315 e. The molecule has 4 rings (SSSR count). The van der Waals surface area contributed by atoms with Gasteiger partial charge in [0.1, 0.15) is 5.92 Å². The fourth-order valence-electron chi connectivity index (χ4n) is 4.29. The Hall–Kier alpha value is -3.41. The molecule has 2 aromatic carbocycles. The van der Waals surface area contributed by atoms with Gasteiger partial charge in [-0.15, -0.1) is 0 Å². The van der Waals surface area contributed by atoms with Crippen molar-refractivity contribution in [1.29, 1.82) is 0 Å². The van der Waals surface area contributed by atoms with E-state index in [0.29, 0.717) is 40.7 Å². The van der Waals surface area contributed by atoms with Crippen LogP contribution in [-0.2, 0) is 9.53 Å². The van der Waals surface area contributed by atoms with E-state index in [4.69, 9.17) is 14.2 Å². The number of aliphatic imine (C=N–C) groups is 1. The Kier molecular flexibility index (Phi) is 5.16. The second-order valence-corrected chi connectivity index (χ2v) is 7.21. The third kappa shape index (κ3) is 3.00. The third-order valence-corrected chi connectivity index (χ3v) is 5.61. The molecular formula is C24H23NO5. The molecule has 6 nitrogen and oxygen atoms in total. The first-order valence-corrected chi connectivity index (χ1v) is 9.83. The highest BCUT2D eigenvalue weighted by Crippen LogP contribution is 2.49. The van der Waals surface area contributed by atoms with E-state index in [1.54, 1.807) is 26.2 Å². The Bertz CT molecular complexity index is 1100. The molecule has 0 saturated carbocycles. The summed E-state index contributed by atoms with van der Waals surface area (Å²) in [6.07, 6.45) is 0. The molecular weight excluding hydrogens is 382 g/mol. The highest BCUT2D eigenvalue weighted by atomic mass is 16.5. The Labute approximate surface area is 175 Å². The molecule has 2 unspecified atom stereocenters. The van der Waals surface area contributed by atoms with Crippen molar-refractivity contribution in [3.63, 3.8) is 0 Å². The number of Topliss-reactive ketones (excluding diaryl/α,β-unsaturated/α-hetero) is 1. The highest BCUT2D eigenvalue weighted by molar-refractivity contribution is 6.24. The van der Waals surface area contributed by atoms with Crippen LogP contribution < -0.4 is 9.47 Å². The predicted octanol–water partition coefficient (Wildman–Crippen LogP) is 4.05. The maximum atomic E-state index is 13.4. The molecule has 6 heteroatoms. The maximum absolute atomic E-state index is 13.4. The standard InChI is InChI=1S/C24H23NO5/c1-5-30-17-11-10-14(12-18(17)28-3)20-19(24(27)29-4)13(2)25-22-15-8-6-7-9-16(15)23(26)21(20)22/h6-12,19-20H,5H2,1-4H3. The van der Waals surface area contributed by atoms with Crippen molar-refractivity contribution >= 4 is 23.2 Å². The largest absolute Gasteiger partial charge is 0.493 e. The van der Waals surface area contributed by atoms with E-state index in [1.165, 1.54) is 7.11 Å². The van der Waals surface area contributed by atoms with Crippen LogP contribution in [-0.4, -0.2) is 38.3 Å². The van der Waals surface area contributed by atoms with Gasteiger partial charge in [-0.2, -0.15) is 0 Å². The Morgan fingerprint density at radius 3 is 2.47 bits per heavy atom. The summed E-state index contributed by atoms with van der Waals surface area (Å²) in [5.41, 5.74) is 3.93. The molecule has 0 amide bonds. The van der Waals surface area contributed by atoms with Crippen LogP contribution in [0.15, 0.2) is 53.0 Å². The number of carbonyl (C=O) groups excluding carboxylic acids is 2. The van der Waals surface area contributed by atoms with E-state index in [9.17, 15) is 9.59 Å². The molecule has 30 heavy (non-hydrogen) atoms. The molecule has 0 spiro atoms. The molecule has 0 aromatic heterocycles. The van der Waals surface area contributed by atoms with Gasteiger partial charge in [-0.25, -0.2) is 0 Å². The van der Waals surface area contributed by atoms with Crippen molar-refractivity contribution in [2.75, 3.05) is 20.8 Å². The van der Waals surface area contributed by atoms with Crippen LogP contribution in [0.5, 0.6) is 11.5 Å². The fraction of sp³-hybridized carbons (Fsp3) is 0.292. The van der Waals surface area contributed by atoms with E-state index in [2.05, 4.69) is 4.99 Å². The summed E-state index contributed by atoms with van der Waals surface area (Å²) >= 11 is 0. The minimum atomic E-state index is -0.699. The SMILES string of the molecule is CCOc1ccc(C2C3=C(N=C(C)C2C(=O)OC)c2ccccc2C3=O)cc1OC. The lowest BCUT2D eigenvalue weighted by Crippen LogP contribution is -2.34. The summed E-state index contributed by atoms with van der Waals surface area (Å²) in [5, 5.41) is 0. The van der Waals surface area contributed by atoms with E-state index in [-0.39, 0.29) is 5.78 Å². The first-order valence-electron chi connectivity index (χ1n) is 9.83. The van der Waals surface area contributed by atoms with Crippen LogP contribution >= 0.6 is 0 Å². The van der Waals surface area contributed by atoms with Crippen molar-refractivity contribution in [1.82, 2.24) is 0 Å². The average molecular weight is 405 g/mol. The number of fused-ring (bicyclic) bond motifs is 2. The van der Waals surface area contributed by atoms with Crippen molar-refractivity contribution in [3.8, 4) is 11.5 Å². The van der Waals surface area contributed by atoms with Gasteiger partial charge < -0.3 is 14.2 Å². The summed E-state index contributed by atoms with van der Waals surface area (Å²) in [4.78, 5) is 30.8. The summed E-state index contributed by atoms with van der Waals surface area (Å²) in [5.74, 6) is -0.616. The average Bonchev–Trinajstić information content (AvgIpc) is 3.04. The quantitative estimate of drug-likeness (QED) is 0.702. The Morgan fingerprint density at radius 2 is 1.80 bits per heavy atom. The molecule has 0 radical (unpaired) electrons. The molecule has 0 bridgehead atoms. The van der Waals surface area contributed by atoms with E-state index in [0.717, 1.165) is 11.1 Å². The molecule has 2 aromatic rings. The minimum Gasteiger partial charge on any atom is -0.493 e. The normalized spacial score (nSPS) is 19.7. The van der Waals surface area contributed by atoms with Gasteiger partial charge in [-0.05, 0) is 31.5 Å². The number of nitrogens with zero attached hydrogens (tertiary/aromatic N) is 1. The molecule has 2 aliphatic rings. The number of esters is 1. The minimum absolute atomic E-state index is 0.108. The lowest BCUT2D eigenvalue weighted by molar-refractivity contribution is -0.143. The molecule has 0 fully saturated rings. The number of hydrogen-bond acceptors (Lipinski definition) is 6. The zero-order valence-electron chi connectivity index (χ0n) is 17.4. The maximum Gasteiger partial charge on any atom is 0.315 e. The van der Waals surface area contributed by atoms with Gasteiger partial charge in [0.15, 0.2) is 17.3 Å². The van der Waals surface area contributed by atoms with Gasteiger partial charge in [-0.3, -0.25) is 14.6 Å². The first-order chi connectivity index (χ1) is 14.5. The van der Waals surface area contributed by atoms with Crippen LogP contribution in [0.2, 0.25) is 0 Å². The number of benzene rings is 2. The number of ketones is 1. The monoisotopic (exact) mass is 405 g/mol. The van der Waals surface area contributed by atoms with Crippen LogP contribution in [0.3, 0.4) is 0 Å². The fourth-order valence-corrected chi connectivity index (χ4v) is 4.29. The predicted molar refractivity (Wildman–Crippen MR) is 113 cm³/mol. The summed E-state index contributed by atoms with van der Waals surface area (Å²) in [6.45, 7) is 4.20. The van der Waals surface area contributed by atoms with Crippen molar-refractivity contribution in [2.24, 2.45) is 10.9 Å². The Morgan fingerprint density at radius 1 is 1.07 bits per heavy atom. The van der Waals surface area contributed by atoms with Gasteiger partial charge in [0, 0.05) is 28.3 Å². The summed E-state index contributed by atoms with van der Waals surface area (Å²) in [6, 6.07) is 12.9. The van der Waals surface area contributed by atoms with Crippen LogP contribution in [0, 0.1) is 5.92 Å². The van der Waals surface area contributed by atoms with E-state index >= 15 is 0 Å². The third-order valence-electron chi connectivity index (χ3n) is 5.61. The molecule has 0 saturated heterocycles. The van der Waals surface area contributed by atoms with Crippen molar-refractivity contribution < 1.29 is 23.8 Å². The van der Waals surface area contributed by atoms with Gasteiger partial charge in [-0.1, -0.05) is 30.3 Å². The number of rotatable bonds is 5. The molecule has 1 aliphatic carbocycles. The molecule has 1 aliphatic heterocycles. The van der Waals surface area contributed by atoms with Crippen LogP contribution in [0.25, 0.3) is 5.70 Å². The first kappa shape index (κ1) is 19.9. The zero-order chi connectivity index (χ0) is 21.4. The number of allylic oxidation sites excluding steroid dienone is 1. The number of ether oxygens (including phenoxy) is 3. The summed E-state index contributed by atoms with van der Waals surface area (Å²) < 4.78 is 16.2. The molecule has 1 heterocycles. The number of methoxy groups -OCH3 is 2. The lowest BCUT2D eigenvalue weighted by atomic mass is 9.75. The van der Waals surface area contributed by atoms with Gasteiger partial charge in [0.05, 0.1) is 26.5 Å². The van der Waals surface area contributed by atoms with Gasteiger partial charge in [0.25, 0.3) is 0 Å². The highest BCUT2D eigenvalue weighted by Gasteiger charge is 2.46. The molecule has 0 N–H and O–H groups in total. The zero-order valence-corrected chi connectivity index (χ0v) is 17.4. The van der Waals surface area contributed by atoms with Crippen LogP contribution in [0.1, 0.15) is 41.3 Å². The second kappa shape index (κ2) is 7.78. The van der Waals surface area contributed by atoms with Crippen molar-refractivity contribution in [3.05, 3.63) is 64.7 Å². The Balaban J connectivity index is 1.92. The van der Waals surface area contributed by atoms with Crippen molar-refractivity contribution in [2.45, 2.75) is 19.8 Å². The second-order valence-electron chi connectivity index (χ2n) is 7.21. The molecule has 154 valence electrons. The lowest BCUT2D eigenvalue weighted by Gasteiger charge is -2.30.